The Morgan fingerprint density at radius 2 is 1.36 bits per heavy atom. The molecule has 0 rings (SSSR count). The Labute approximate surface area is 72.4 Å². The summed E-state index contributed by atoms with van der Waals surface area (Å²) in [5.41, 5.74) is 0. The van der Waals surface area contributed by atoms with Crippen LogP contribution in [0, 0.1) is 17.8 Å². The molecular formula is C11H24. The predicted octanol–water partition coefficient (Wildman–Crippen LogP) is 4.10. The van der Waals surface area contributed by atoms with Gasteiger partial charge >= 0.3 is 0 Å². The summed E-state index contributed by atoms with van der Waals surface area (Å²) >= 11 is 0. The fourth-order valence-corrected chi connectivity index (χ4v) is 1.18. The lowest BCUT2D eigenvalue weighted by Gasteiger charge is -2.15. The summed E-state index contributed by atoms with van der Waals surface area (Å²) in [7, 11) is 0. The summed E-state index contributed by atoms with van der Waals surface area (Å²) in [4.78, 5) is 0. The van der Waals surface area contributed by atoms with Crippen molar-refractivity contribution in [3.05, 3.63) is 0 Å². The molecule has 0 bridgehead atoms. The maximum Gasteiger partial charge on any atom is -0.0420 e. The van der Waals surface area contributed by atoms with E-state index in [9.17, 15) is 0 Å². The number of hydrogen-bond donors (Lipinski definition) is 0. The molecule has 0 amide bonds. The van der Waals surface area contributed by atoms with Gasteiger partial charge in [0.05, 0.1) is 0 Å². The minimum Gasteiger partial charge on any atom is -0.0628 e. The van der Waals surface area contributed by atoms with Gasteiger partial charge in [0, 0.05) is 0 Å². The van der Waals surface area contributed by atoms with Crippen molar-refractivity contribution in [3.63, 3.8) is 0 Å². The van der Waals surface area contributed by atoms with E-state index in [0.29, 0.717) is 0 Å². The van der Waals surface area contributed by atoms with Crippen molar-refractivity contribution < 1.29 is 0 Å². The summed E-state index contributed by atoms with van der Waals surface area (Å²) in [5.74, 6) is 2.66. The summed E-state index contributed by atoms with van der Waals surface area (Å²) in [6.07, 6.45) is 4.23. The van der Waals surface area contributed by atoms with Crippen LogP contribution in [0.5, 0.6) is 0 Å². The lowest BCUT2D eigenvalue weighted by molar-refractivity contribution is 0.366. The zero-order valence-electron chi connectivity index (χ0n) is 8.85. The molecule has 0 saturated carbocycles. The fraction of sp³-hybridized carbons (Fsp3) is 1.00. The van der Waals surface area contributed by atoms with Gasteiger partial charge in [-0.1, -0.05) is 53.9 Å². The molecule has 0 aromatic heterocycles. The zero-order valence-corrected chi connectivity index (χ0v) is 8.85. The van der Waals surface area contributed by atoms with E-state index in [1.54, 1.807) is 0 Å². The molecule has 0 heterocycles. The van der Waals surface area contributed by atoms with Crippen molar-refractivity contribution in [1.82, 2.24) is 0 Å². The molecule has 0 heteroatoms. The van der Waals surface area contributed by atoms with Gasteiger partial charge in [-0.05, 0) is 17.8 Å². The molecule has 0 aliphatic carbocycles. The Balaban J connectivity index is 3.24. The molecule has 0 nitrogen and oxygen atoms in total. The van der Waals surface area contributed by atoms with E-state index in [1.165, 1.54) is 19.3 Å². The van der Waals surface area contributed by atoms with Crippen LogP contribution >= 0.6 is 0 Å². The Bertz CT molecular complexity index is 82.0. The predicted molar refractivity (Wildman–Crippen MR) is 52.7 cm³/mol. The average Bonchev–Trinajstić information content (AvgIpc) is 1.86. The first-order valence-electron chi connectivity index (χ1n) is 5.04. The average molecular weight is 156 g/mol. The summed E-state index contributed by atoms with van der Waals surface area (Å²) in [6.45, 7) is 11.6. The Morgan fingerprint density at radius 1 is 0.818 bits per heavy atom. The topological polar surface area (TPSA) is 0 Å². The first-order chi connectivity index (χ1) is 5.04. The Morgan fingerprint density at radius 3 is 1.73 bits per heavy atom. The third-order valence-corrected chi connectivity index (χ3v) is 2.58. The summed E-state index contributed by atoms with van der Waals surface area (Å²) < 4.78 is 0. The normalized spacial score (nSPS) is 14.5. The lowest BCUT2D eigenvalue weighted by atomic mass is 9.91. The van der Waals surface area contributed by atoms with Gasteiger partial charge in [0.15, 0.2) is 0 Å². The number of hydrogen-bond acceptors (Lipinski definition) is 0. The third kappa shape index (κ3) is 6.40. The Kier molecular flexibility index (Phi) is 5.62. The van der Waals surface area contributed by atoms with E-state index in [4.69, 9.17) is 0 Å². The second-order valence-electron chi connectivity index (χ2n) is 4.55. The van der Waals surface area contributed by atoms with Crippen LogP contribution in [0.2, 0.25) is 0 Å². The van der Waals surface area contributed by atoms with Crippen molar-refractivity contribution in [3.8, 4) is 0 Å². The van der Waals surface area contributed by atoms with Crippen LogP contribution in [-0.4, -0.2) is 0 Å². The monoisotopic (exact) mass is 156 g/mol. The molecule has 11 heavy (non-hydrogen) atoms. The molecule has 0 aromatic carbocycles. The van der Waals surface area contributed by atoms with E-state index >= 15 is 0 Å². The molecule has 0 aromatic rings. The van der Waals surface area contributed by atoms with Gasteiger partial charge in [-0.25, -0.2) is 0 Å². The first kappa shape index (κ1) is 11.0. The maximum absolute atomic E-state index is 2.37. The van der Waals surface area contributed by atoms with E-state index in [0.717, 1.165) is 17.8 Å². The van der Waals surface area contributed by atoms with Gasteiger partial charge in [0.1, 0.15) is 0 Å². The van der Waals surface area contributed by atoms with Crippen LogP contribution in [0.4, 0.5) is 0 Å². The molecule has 0 aliphatic rings. The highest BCUT2D eigenvalue weighted by Crippen LogP contribution is 2.18. The van der Waals surface area contributed by atoms with Gasteiger partial charge in [0.25, 0.3) is 0 Å². The second kappa shape index (κ2) is 5.62. The molecule has 1 atom stereocenters. The van der Waals surface area contributed by atoms with Crippen LogP contribution in [0.1, 0.15) is 53.9 Å². The van der Waals surface area contributed by atoms with E-state index in [1.807, 2.05) is 0 Å². The highest BCUT2D eigenvalue weighted by Gasteiger charge is 2.06. The first-order valence-corrected chi connectivity index (χ1v) is 5.04. The van der Waals surface area contributed by atoms with Gasteiger partial charge in [-0.15, -0.1) is 0 Å². The van der Waals surface area contributed by atoms with Crippen molar-refractivity contribution in [2.75, 3.05) is 0 Å². The number of rotatable bonds is 5. The van der Waals surface area contributed by atoms with E-state index < -0.39 is 0 Å². The molecular weight excluding hydrogens is 132 g/mol. The fourth-order valence-electron chi connectivity index (χ4n) is 1.18. The van der Waals surface area contributed by atoms with Crippen LogP contribution in [0.15, 0.2) is 0 Å². The SMILES string of the molecule is CC(C)CCCC(C)C(C)C. The van der Waals surface area contributed by atoms with Gasteiger partial charge in [-0.2, -0.15) is 0 Å². The molecule has 0 fully saturated rings. The second-order valence-corrected chi connectivity index (χ2v) is 4.55. The summed E-state index contributed by atoms with van der Waals surface area (Å²) in [5, 5.41) is 0. The maximum atomic E-state index is 2.37. The molecule has 0 saturated heterocycles. The van der Waals surface area contributed by atoms with Crippen molar-refractivity contribution >= 4 is 0 Å². The smallest absolute Gasteiger partial charge is 0.0420 e. The quantitative estimate of drug-likeness (QED) is 0.562. The van der Waals surface area contributed by atoms with Gasteiger partial charge in [-0.3, -0.25) is 0 Å². The van der Waals surface area contributed by atoms with Crippen molar-refractivity contribution in [1.29, 1.82) is 0 Å². The molecule has 0 radical (unpaired) electrons. The minimum atomic E-state index is 0.863. The van der Waals surface area contributed by atoms with Crippen LogP contribution in [0.25, 0.3) is 0 Å². The van der Waals surface area contributed by atoms with Gasteiger partial charge in [0.2, 0.25) is 0 Å². The molecule has 0 aliphatic heterocycles. The minimum absolute atomic E-state index is 0.863. The molecule has 0 spiro atoms. The van der Waals surface area contributed by atoms with Crippen LogP contribution in [-0.2, 0) is 0 Å². The standard InChI is InChI=1S/C11H24/c1-9(2)7-6-8-11(5)10(3)4/h9-11H,6-8H2,1-5H3. The Hall–Kier alpha value is 0. The summed E-state index contributed by atoms with van der Waals surface area (Å²) in [6, 6.07) is 0. The molecule has 0 N–H and O–H groups in total. The van der Waals surface area contributed by atoms with Crippen molar-refractivity contribution in [2.24, 2.45) is 17.8 Å². The van der Waals surface area contributed by atoms with Gasteiger partial charge < -0.3 is 0 Å². The van der Waals surface area contributed by atoms with E-state index in [2.05, 4.69) is 34.6 Å². The zero-order chi connectivity index (χ0) is 8.85. The van der Waals surface area contributed by atoms with Crippen LogP contribution in [0.3, 0.4) is 0 Å². The largest absolute Gasteiger partial charge is 0.0628 e. The highest BCUT2D eigenvalue weighted by molar-refractivity contribution is 4.57. The third-order valence-electron chi connectivity index (χ3n) is 2.58. The van der Waals surface area contributed by atoms with Crippen molar-refractivity contribution in [2.45, 2.75) is 53.9 Å². The lowest BCUT2D eigenvalue weighted by Crippen LogP contribution is -2.03. The molecule has 68 valence electrons. The highest BCUT2D eigenvalue weighted by atomic mass is 14.1. The molecule has 1 unspecified atom stereocenters. The van der Waals surface area contributed by atoms with Crippen LogP contribution < -0.4 is 0 Å². The van der Waals surface area contributed by atoms with E-state index in [-0.39, 0.29) is 0 Å².